The van der Waals surface area contributed by atoms with Gasteiger partial charge >= 0.3 is 0 Å². The number of benzene rings is 1. The lowest BCUT2D eigenvalue weighted by atomic mass is 10.2. The predicted octanol–water partition coefficient (Wildman–Crippen LogP) is 3.05. The Morgan fingerprint density at radius 1 is 1.42 bits per heavy atom. The van der Waals surface area contributed by atoms with Crippen molar-refractivity contribution in [3.05, 3.63) is 35.8 Å². The van der Waals surface area contributed by atoms with E-state index in [-0.39, 0.29) is 17.1 Å². The van der Waals surface area contributed by atoms with E-state index < -0.39 is 0 Å². The van der Waals surface area contributed by atoms with E-state index in [2.05, 4.69) is 26.6 Å². The lowest BCUT2D eigenvalue weighted by molar-refractivity contribution is 0.420. The molecule has 0 saturated carbocycles. The maximum absolute atomic E-state index is 10.4. The number of aryl methyl sites for hydroxylation is 1. The minimum atomic E-state index is -0.0258. The van der Waals surface area contributed by atoms with Crippen LogP contribution in [0.25, 0.3) is 16.6 Å². The van der Waals surface area contributed by atoms with E-state index in [0.29, 0.717) is 15.3 Å². The topological polar surface area (TPSA) is 99.7 Å². The van der Waals surface area contributed by atoms with Crippen LogP contribution in [0.2, 0.25) is 0 Å². The standard InChI is InChI=1S/C15H14N6OS2/c1-17-14-19-20-15(24-14)23-8-12(22)9(7-16)13-18-10-5-3-4-6-11(10)21(13)2/h3-6,22H,8H2,1-2H3,(H,17,19)/b12-9-. The van der Waals surface area contributed by atoms with Gasteiger partial charge in [-0.2, -0.15) is 5.26 Å². The normalized spacial score (nSPS) is 12.0. The fourth-order valence-corrected chi connectivity index (χ4v) is 3.77. The average Bonchev–Trinajstić information content (AvgIpc) is 3.19. The van der Waals surface area contributed by atoms with Crippen LogP contribution in [0.1, 0.15) is 5.82 Å². The number of anilines is 1. The van der Waals surface area contributed by atoms with Crippen LogP contribution < -0.4 is 5.32 Å². The van der Waals surface area contributed by atoms with Gasteiger partial charge in [0.1, 0.15) is 17.4 Å². The number of para-hydroxylation sites is 2. The number of aliphatic hydroxyl groups excluding tert-OH is 1. The number of nitrogens with zero attached hydrogens (tertiary/aromatic N) is 5. The van der Waals surface area contributed by atoms with Gasteiger partial charge in [-0.05, 0) is 12.1 Å². The smallest absolute Gasteiger partial charge is 0.206 e. The fraction of sp³-hybridized carbons (Fsp3) is 0.200. The zero-order valence-corrected chi connectivity index (χ0v) is 14.6. The number of aliphatic hydroxyl groups is 1. The molecule has 0 fully saturated rings. The first-order valence-electron chi connectivity index (χ1n) is 7.02. The van der Waals surface area contributed by atoms with E-state index in [1.54, 1.807) is 11.6 Å². The van der Waals surface area contributed by atoms with Crippen molar-refractivity contribution in [3.63, 3.8) is 0 Å². The van der Waals surface area contributed by atoms with Gasteiger partial charge < -0.3 is 15.0 Å². The summed E-state index contributed by atoms with van der Waals surface area (Å²) in [6.07, 6.45) is 0. The monoisotopic (exact) mass is 358 g/mol. The molecule has 1 aromatic carbocycles. The lowest BCUT2D eigenvalue weighted by Crippen LogP contribution is -2.00. The molecule has 0 aliphatic rings. The number of nitriles is 1. The zero-order chi connectivity index (χ0) is 17.1. The van der Waals surface area contributed by atoms with Gasteiger partial charge in [0.05, 0.1) is 16.8 Å². The van der Waals surface area contributed by atoms with Crippen molar-refractivity contribution >= 4 is 44.8 Å². The van der Waals surface area contributed by atoms with Gasteiger partial charge in [0.15, 0.2) is 10.2 Å². The van der Waals surface area contributed by atoms with Crippen molar-refractivity contribution in [1.82, 2.24) is 19.7 Å². The minimum Gasteiger partial charge on any atom is -0.510 e. The number of allylic oxidation sites excluding steroid dienone is 1. The van der Waals surface area contributed by atoms with Crippen LogP contribution in [0.5, 0.6) is 0 Å². The summed E-state index contributed by atoms with van der Waals surface area (Å²) >= 11 is 2.71. The van der Waals surface area contributed by atoms with E-state index in [1.807, 2.05) is 31.3 Å². The van der Waals surface area contributed by atoms with E-state index in [4.69, 9.17) is 0 Å². The fourth-order valence-electron chi connectivity index (χ4n) is 2.18. The van der Waals surface area contributed by atoms with Crippen molar-refractivity contribution in [2.24, 2.45) is 7.05 Å². The number of fused-ring (bicyclic) bond motifs is 1. The third kappa shape index (κ3) is 3.06. The maximum Gasteiger partial charge on any atom is 0.206 e. The highest BCUT2D eigenvalue weighted by Gasteiger charge is 2.17. The Morgan fingerprint density at radius 2 is 2.21 bits per heavy atom. The molecular formula is C15H14N6OS2. The molecule has 0 bridgehead atoms. The Morgan fingerprint density at radius 3 is 2.88 bits per heavy atom. The summed E-state index contributed by atoms with van der Waals surface area (Å²) in [5.41, 5.74) is 1.86. The summed E-state index contributed by atoms with van der Waals surface area (Å²) in [7, 11) is 3.60. The summed E-state index contributed by atoms with van der Waals surface area (Å²) in [6.45, 7) is 0. The molecule has 0 amide bonds. The molecule has 0 unspecified atom stereocenters. The van der Waals surface area contributed by atoms with Gasteiger partial charge in [-0.25, -0.2) is 4.98 Å². The highest BCUT2D eigenvalue weighted by Crippen LogP contribution is 2.28. The van der Waals surface area contributed by atoms with Crippen molar-refractivity contribution in [2.75, 3.05) is 18.1 Å². The van der Waals surface area contributed by atoms with Crippen molar-refractivity contribution in [1.29, 1.82) is 5.26 Å². The quantitative estimate of drug-likeness (QED) is 0.411. The van der Waals surface area contributed by atoms with E-state index in [1.165, 1.54) is 23.1 Å². The van der Waals surface area contributed by atoms with Crippen LogP contribution in [-0.4, -0.2) is 37.7 Å². The van der Waals surface area contributed by atoms with Crippen LogP contribution in [0, 0.1) is 11.3 Å². The lowest BCUT2D eigenvalue weighted by Gasteiger charge is -2.04. The molecule has 0 aliphatic heterocycles. The first kappa shape index (κ1) is 16.3. The molecule has 7 nitrogen and oxygen atoms in total. The third-order valence-corrected chi connectivity index (χ3v) is 5.45. The molecule has 3 rings (SSSR count). The van der Waals surface area contributed by atoms with Gasteiger partial charge in [-0.15, -0.1) is 10.2 Å². The molecule has 24 heavy (non-hydrogen) atoms. The SMILES string of the molecule is CNc1nnc(SC/C(O)=C(\C#N)c2nc3ccccc3n2C)s1. The Bertz CT molecular complexity index is 952. The van der Waals surface area contributed by atoms with Crippen LogP contribution in [0.3, 0.4) is 0 Å². The predicted molar refractivity (Wildman–Crippen MR) is 96.1 cm³/mol. The summed E-state index contributed by atoms with van der Waals surface area (Å²) in [4.78, 5) is 4.45. The largest absolute Gasteiger partial charge is 0.510 e. The second-order valence-corrected chi connectivity index (χ2v) is 7.03. The Balaban J connectivity index is 1.89. The minimum absolute atomic E-state index is 0.0258. The van der Waals surface area contributed by atoms with Crippen LogP contribution in [-0.2, 0) is 7.05 Å². The number of rotatable bonds is 5. The summed E-state index contributed by atoms with van der Waals surface area (Å²) in [5.74, 6) is 0.650. The molecule has 2 heterocycles. The molecule has 0 spiro atoms. The Hall–Kier alpha value is -2.57. The maximum atomic E-state index is 10.4. The van der Waals surface area contributed by atoms with E-state index >= 15 is 0 Å². The average molecular weight is 358 g/mol. The summed E-state index contributed by atoms with van der Waals surface area (Å²) < 4.78 is 2.52. The summed E-state index contributed by atoms with van der Waals surface area (Å²) in [6, 6.07) is 9.66. The van der Waals surface area contributed by atoms with Gasteiger partial charge in [0, 0.05) is 14.1 Å². The molecule has 0 atom stereocenters. The molecule has 0 saturated heterocycles. The van der Waals surface area contributed by atoms with Crippen molar-refractivity contribution < 1.29 is 5.11 Å². The molecule has 2 aromatic heterocycles. The van der Waals surface area contributed by atoms with Crippen LogP contribution in [0.4, 0.5) is 5.13 Å². The highest BCUT2D eigenvalue weighted by molar-refractivity contribution is 8.01. The van der Waals surface area contributed by atoms with Gasteiger partial charge in [-0.3, -0.25) is 0 Å². The molecule has 122 valence electrons. The number of hydrogen-bond acceptors (Lipinski definition) is 8. The number of hydrogen-bond donors (Lipinski definition) is 2. The molecule has 0 aliphatic carbocycles. The van der Waals surface area contributed by atoms with Crippen molar-refractivity contribution in [3.8, 4) is 6.07 Å². The molecule has 3 aromatic rings. The number of thioether (sulfide) groups is 1. The summed E-state index contributed by atoms with van der Waals surface area (Å²) in [5, 5.41) is 31.4. The Kier molecular flexibility index (Phi) is 4.69. The first-order chi connectivity index (χ1) is 11.6. The van der Waals surface area contributed by atoms with E-state index in [9.17, 15) is 10.4 Å². The highest BCUT2D eigenvalue weighted by atomic mass is 32.2. The second-order valence-electron chi connectivity index (χ2n) is 4.83. The van der Waals surface area contributed by atoms with Gasteiger partial charge in [-0.1, -0.05) is 35.2 Å². The third-order valence-electron chi connectivity index (χ3n) is 3.36. The number of imidazole rings is 1. The second kappa shape index (κ2) is 6.90. The molecular weight excluding hydrogens is 344 g/mol. The molecule has 2 N–H and O–H groups in total. The zero-order valence-electron chi connectivity index (χ0n) is 13.0. The van der Waals surface area contributed by atoms with Crippen LogP contribution in [0.15, 0.2) is 34.4 Å². The molecule has 9 heteroatoms. The van der Waals surface area contributed by atoms with Crippen molar-refractivity contribution in [2.45, 2.75) is 4.34 Å². The van der Waals surface area contributed by atoms with Gasteiger partial charge in [0.2, 0.25) is 5.13 Å². The first-order valence-corrected chi connectivity index (χ1v) is 8.82. The Labute approximate surface area is 146 Å². The van der Waals surface area contributed by atoms with Crippen LogP contribution >= 0.6 is 23.1 Å². The van der Waals surface area contributed by atoms with Gasteiger partial charge in [0.25, 0.3) is 0 Å². The number of nitrogens with one attached hydrogen (secondary N) is 1. The molecule has 0 radical (unpaired) electrons. The number of aromatic nitrogens is 4. The van der Waals surface area contributed by atoms with E-state index in [0.717, 1.165) is 11.0 Å².